The predicted octanol–water partition coefficient (Wildman–Crippen LogP) is 2.49. The normalized spacial score (nSPS) is 11.8. The number of carbonyl (C=O) groups is 2. The zero-order valence-corrected chi connectivity index (χ0v) is 15.1. The first-order chi connectivity index (χ1) is 12.0. The molecule has 0 saturated heterocycles. The van der Waals surface area contributed by atoms with Crippen LogP contribution in [0, 0.1) is 0 Å². The van der Waals surface area contributed by atoms with Gasteiger partial charge in [0.1, 0.15) is 0 Å². The Bertz CT molecular complexity index is 720. The van der Waals surface area contributed by atoms with Crippen LogP contribution in [-0.4, -0.2) is 43.9 Å². The lowest BCUT2D eigenvalue weighted by atomic mass is 10.1. The Hall–Kier alpha value is -2.37. The van der Waals surface area contributed by atoms with E-state index in [1.165, 1.54) is 0 Å². The molecule has 0 unspecified atom stereocenters. The standard InChI is InChI=1S/C19H22ClN3O2/c1-23(2)13-17(14-8-4-3-5-9-14)22-18(24)12-21-19(25)15-10-6-7-11-16(15)20/h3-11,17H,12-13H2,1-2H3,(H,21,25)(H,22,24)/t17-/m0/s1. The fourth-order valence-corrected chi connectivity index (χ4v) is 2.65. The summed E-state index contributed by atoms with van der Waals surface area (Å²) in [4.78, 5) is 26.4. The lowest BCUT2D eigenvalue weighted by molar-refractivity contribution is -0.121. The molecule has 0 fully saturated rings. The molecule has 6 heteroatoms. The number of rotatable bonds is 7. The van der Waals surface area contributed by atoms with Gasteiger partial charge >= 0.3 is 0 Å². The van der Waals surface area contributed by atoms with Crippen molar-refractivity contribution in [2.45, 2.75) is 6.04 Å². The van der Waals surface area contributed by atoms with E-state index in [9.17, 15) is 9.59 Å². The third kappa shape index (κ3) is 5.89. The molecular formula is C19H22ClN3O2. The van der Waals surface area contributed by atoms with Crippen molar-refractivity contribution >= 4 is 23.4 Å². The maximum Gasteiger partial charge on any atom is 0.253 e. The van der Waals surface area contributed by atoms with Crippen molar-refractivity contribution in [1.82, 2.24) is 15.5 Å². The highest BCUT2D eigenvalue weighted by Gasteiger charge is 2.16. The summed E-state index contributed by atoms with van der Waals surface area (Å²) in [6.07, 6.45) is 0. The summed E-state index contributed by atoms with van der Waals surface area (Å²) in [5, 5.41) is 5.92. The summed E-state index contributed by atoms with van der Waals surface area (Å²) in [5.74, 6) is -0.624. The highest BCUT2D eigenvalue weighted by molar-refractivity contribution is 6.33. The zero-order chi connectivity index (χ0) is 18.2. The Balaban J connectivity index is 1.95. The molecule has 0 aliphatic carbocycles. The lowest BCUT2D eigenvalue weighted by Gasteiger charge is -2.23. The van der Waals surface area contributed by atoms with Gasteiger partial charge in [-0.05, 0) is 31.8 Å². The largest absolute Gasteiger partial charge is 0.346 e. The summed E-state index contributed by atoms with van der Waals surface area (Å²) < 4.78 is 0. The van der Waals surface area contributed by atoms with E-state index in [1.54, 1.807) is 24.3 Å². The summed E-state index contributed by atoms with van der Waals surface area (Å²) in [6.45, 7) is 0.551. The number of hydrogen-bond acceptors (Lipinski definition) is 3. The van der Waals surface area contributed by atoms with Crippen LogP contribution >= 0.6 is 11.6 Å². The van der Waals surface area contributed by atoms with Crippen molar-refractivity contribution in [3.63, 3.8) is 0 Å². The minimum atomic E-state index is -0.371. The second-order valence-electron chi connectivity index (χ2n) is 5.96. The molecule has 0 bridgehead atoms. The molecule has 132 valence electrons. The van der Waals surface area contributed by atoms with Crippen molar-refractivity contribution in [3.05, 3.63) is 70.7 Å². The van der Waals surface area contributed by atoms with Crippen molar-refractivity contribution < 1.29 is 9.59 Å². The van der Waals surface area contributed by atoms with E-state index < -0.39 is 0 Å². The fraction of sp³-hybridized carbons (Fsp3) is 0.263. The van der Waals surface area contributed by atoms with Gasteiger partial charge in [-0.25, -0.2) is 0 Å². The van der Waals surface area contributed by atoms with E-state index >= 15 is 0 Å². The van der Waals surface area contributed by atoms with Gasteiger partial charge in [-0.3, -0.25) is 9.59 Å². The summed E-state index contributed by atoms with van der Waals surface area (Å²) in [6, 6.07) is 16.3. The van der Waals surface area contributed by atoms with Crippen LogP contribution in [0.25, 0.3) is 0 Å². The van der Waals surface area contributed by atoms with E-state index in [1.807, 2.05) is 49.3 Å². The Morgan fingerprint density at radius 2 is 1.68 bits per heavy atom. The zero-order valence-electron chi connectivity index (χ0n) is 14.3. The molecule has 0 aromatic heterocycles. The fourth-order valence-electron chi connectivity index (χ4n) is 2.43. The van der Waals surface area contributed by atoms with Crippen molar-refractivity contribution in [1.29, 1.82) is 0 Å². The molecule has 0 aliphatic rings. The molecule has 2 aromatic carbocycles. The van der Waals surface area contributed by atoms with Gasteiger partial charge in [0.25, 0.3) is 5.91 Å². The lowest BCUT2D eigenvalue weighted by Crippen LogP contribution is -2.41. The molecule has 2 amide bonds. The first kappa shape index (κ1) is 19.0. The van der Waals surface area contributed by atoms with Crippen molar-refractivity contribution in [2.24, 2.45) is 0 Å². The van der Waals surface area contributed by atoms with E-state index in [-0.39, 0.29) is 24.4 Å². The second-order valence-corrected chi connectivity index (χ2v) is 6.36. The third-order valence-corrected chi connectivity index (χ3v) is 3.94. The highest BCUT2D eigenvalue weighted by Crippen LogP contribution is 2.15. The van der Waals surface area contributed by atoms with Gasteiger partial charge in [0.2, 0.25) is 5.91 Å². The monoisotopic (exact) mass is 359 g/mol. The highest BCUT2D eigenvalue weighted by atomic mass is 35.5. The molecule has 1 atom stereocenters. The quantitative estimate of drug-likeness (QED) is 0.798. The van der Waals surface area contributed by atoms with E-state index in [0.29, 0.717) is 17.1 Å². The number of hydrogen-bond donors (Lipinski definition) is 2. The van der Waals surface area contributed by atoms with E-state index in [2.05, 4.69) is 10.6 Å². The van der Waals surface area contributed by atoms with Crippen LogP contribution in [0.3, 0.4) is 0 Å². The van der Waals surface area contributed by atoms with Gasteiger partial charge in [0.15, 0.2) is 0 Å². The average molecular weight is 360 g/mol. The first-order valence-corrected chi connectivity index (χ1v) is 8.37. The molecule has 0 radical (unpaired) electrons. The maximum absolute atomic E-state index is 12.3. The van der Waals surface area contributed by atoms with E-state index in [4.69, 9.17) is 11.6 Å². The Labute approximate surface area is 153 Å². The average Bonchev–Trinajstić information content (AvgIpc) is 2.60. The molecule has 2 rings (SSSR count). The van der Waals surface area contributed by atoms with Crippen LogP contribution in [0.4, 0.5) is 0 Å². The minimum absolute atomic E-state index is 0.110. The Kier molecular flexibility index (Phi) is 6.98. The molecule has 2 N–H and O–H groups in total. The van der Waals surface area contributed by atoms with Gasteiger partial charge in [-0.1, -0.05) is 54.1 Å². The summed E-state index contributed by atoms with van der Waals surface area (Å²) in [5.41, 5.74) is 1.37. The molecule has 0 aliphatic heterocycles. The van der Waals surface area contributed by atoms with Gasteiger partial charge < -0.3 is 15.5 Å². The van der Waals surface area contributed by atoms with Crippen LogP contribution in [0.2, 0.25) is 5.02 Å². The number of carbonyl (C=O) groups excluding carboxylic acids is 2. The smallest absolute Gasteiger partial charge is 0.253 e. The summed E-state index contributed by atoms with van der Waals surface area (Å²) in [7, 11) is 3.89. The van der Waals surface area contributed by atoms with Crippen LogP contribution < -0.4 is 10.6 Å². The molecule has 0 saturated carbocycles. The van der Waals surface area contributed by atoms with Gasteiger partial charge in [0.05, 0.1) is 23.2 Å². The third-order valence-electron chi connectivity index (χ3n) is 3.61. The predicted molar refractivity (Wildman–Crippen MR) is 99.7 cm³/mol. The minimum Gasteiger partial charge on any atom is -0.346 e. The van der Waals surface area contributed by atoms with Crippen LogP contribution in [0.5, 0.6) is 0 Å². The number of amides is 2. The Morgan fingerprint density at radius 3 is 2.32 bits per heavy atom. The van der Waals surface area contributed by atoms with Crippen molar-refractivity contribution in [3.8, 4) is 0 Å². The Morgan fingerprint density at radius 1 is 1.04 bits per heavy atom. The van der Waals surface area contributed by atoms with E-state index in [0.717, 1.165) is 5.56 Å². The number of benzene rings is 2. The number of likely N-dealkylation sites (N-methyl/N-ethyl adjacent to an activating group) is 1. The number of halogens is 1. The first-order valence-electron chi connectivity index (χ1n) is 7.99. The summed E-state index contributed by atoms with van der Waals surface area (Å²) >= 11 is 5.99. The molecule has 25 heavy (non-hydrogen) atoms. The number of nitrogens with zero attached hydrogens (tertiary/aromatic N) is 1. The maximum atomic E-state index is 12.3. The number of nitrogens with one attached hydrogen (secondary N) is 2. The van der Waals surface area contributed by atoms with Crippen LogP contribution in [-0.2, 0) is 4.79 Å². The van der Waals surface area contributed by atoms with Crippen molar-refractivity contribution in [2.75, 3.05) is 27.2 Å². The molecule has 0 spiro atoms. The molecule has 2 aromatic rings. The van der Waals surface area contributed by atoms with Gasteiger partial charge in [0, 0.05) is 6.54 Å². The molecule has 0 heterocycles. The SMILES string of the molecule is CN(C)C[C@H](NC(=O)CNC(=O)c1ccccc1Cl)c1ccccc1. The topological polar surface area (TPSA) is 61.4 Å². The van der Waals surface area contributed by atoms with Crippen LogP contribution in [0.1, 0.15) is 22.0 Å². The molecule has 5 nitrogen and oxygen atoms in total. The second kappa shape index (κ2) is 9.20. The molecular weight excluding hydrogens is 338 g/mol. The van der Waals surface area contributed by atoms with Gasteiger partial charge in [-0.15, -0.1) is 0 Å². The van der Waals surface area contributed by atoms with Gasteiger partial charge in [-0.2, -0.15) is 0 Å². The van der Waals surface area contributed by atoms with Crippen LogP contribution in [0.15, 0.2) is 54.6 Å².